The molecule has 0 aromatic heterocycles. The maximum Gasteiger partial charge on any atom is 0.217 e. The first kappa shape index (κ1) is 22.7. The molecule has 0 saturated carbocycles. The van der Waals surface area contributed by atoms with Gasteiger partial charge in [-0.1, -0.05) is 18.2 Å². The minimum absolute atomic E-state index is 0. The number of primary amides is 1. The number of ether oxygens (including phenoxy) is 1. The summed E-state index contributed by atoms with van der Waals surface area (Å²) in [5.74, 6) is 0.987. The number of likely N-dealkylation sites (tertiary alicyclic amines) is 1. The van der Waals surface area contributed by atoms with Crippen LogP contribution in [0.3, 0.4) is 0 Å². The van der Waals surface area contributed by atoms with Gasteiger partial charge < -0.3 is 25.6 Å². The van der Waals surface area contributed by atoms with E-state index in [2.05, 4.69) is 44.4 Å². The molecule has 2 heterocycles. The average molecular weight is 501 g/mol. The van der Waals surface area contributed by atoms with Gasteiger partial charge in [-0.25, -0.2) is 0 Å². The van der Waals surface area contributed by atoms with Crippen LogP contribution < -0.4 is 16.0 Å². The molecule has 3 N–H and O–H groups in total. The van der Waals surface area contributed by atoms with Gasteiger partial charge in [-0.15, -0.1) is 24.0 Å². The lowest BCUT2D eigenvalue weighted by Gasteiger charge is -2.35. The Morgan fingerprint density at radius 2 is 2.04 bits per heavy atom. The lowest BCUT2D eigenvalue weighted by molar-refractivity contribution is -0.119. The summed E-state index contributed by atoms with van der Waals surface area (Å²) in [6.07, 6.45) is 2.56. The summed E-state index contributed by atoms with van der Waals surface area (Å²) in [6.45, 7) is 5.90. The number of nitrogens with two attached hydrogens (primary N) is 1. The van der Waals surface area contributed by atoms with Gasteiger partial charge in [0.1, 0.15) is 0 Å². The van der Waals surface area contributed by atoms with Crippen LogP contribution in [0.4, 0.5) is 5.69 Å². The number of para-hydroxylation sites is 1. The zero-order valence-electron chi connectivity index (χ0n) is 16.6. The molecule has 2 aliphatic heterocycles. The van der Waals surface area contributed by atoms with E-state index < -0.39 is 0 Å². The number of nitrogens with one attached hydrogen (secondary N) is 1. The Bertz CT molecular complexity index is 664. The number of morpholine rings is 1. The highest BCUT2D eigenvalue weighted by Gasteiger charge is 2.23. The van der Waals surface area contributed by atoms with Crippen LogP contribution in [0.1, 0.15) is 24.8 Å². The van der Waals surface area contributed by atoms with Crippen molar-refractivity contribution in [3.63, 3.8) is 0 Å². The van der Waals surface area contributed by atoms with E-state index in [0.717, 1.165) is 64.7 Å². The van der Waals surface area contributed by atoms with Crippen LogP contribution in [-0.4, -0.2) is 63.2 Å². The maximum atomic E-state index is 11.3. The number of anilines is 1. The molecule has 2 saturated heterocycles. The van der Waals surface area contributed by atoms with Crippen molar-refractivity contribution >= 4 is 41.5 Å². The highest BCUT2D eigenvalue weighted by molar-refractivity contribution is 14.0. The number of halogens is 1. The Labute approximate surface area is 184 Å². The van der Waals surface area contributed by atoms with Crippen LogP contribution in [0.2, 0.25) is 0 Å². The van der Waals surface area contributed by atoms with Crippen LogP contribution in [0, 0.1) is 5.92 Å². The number of guanidine groups is 1. The second kappa shape index (κ2) is 11.5. The molecule has 1 amide bonds. The van der Waals surface area contributed by atoms with E-state index >= 15 is 0 Å². The Kier molecular flexibility index (Phi) is 9.30. The summed E-state index contributed by atoms with van der Waals surface area (Å²) >= 11 is 0. The second-order valence-corrected chi connectivity index (χ2v) is 7.25. The lowest BCUT2D eigenvalue weighted by Crippen LogP contribution is -2.47. The number of benzene rings is 1. The zero-order chi connectivity index (χ0) is 19.1. The van der Waals surface area contributed by atoms with Gasteiger partial charge in [0.2, 0.25) is 5.91 Å². The van der Waals surface area contributed by atoms with Crippen molar-refractivity contribution < 1.29 is 9.53 Å². The van der Waals surface area contributed by atoms with Gasteiger partial charge >= 0.3 is 0 Å². The van der Waals surface area contributed by atoms with Gasteiger partial charge in [0.15, 0.2) is 5.96 Å². The first-order valence-corrected chi connectivity index (χ1v) is 9.82. The Hall–Kier alpha value is -1.55. The Morgan fingerprint density at radius 1 is 1.29 bits per heavy atom. The molecular weight excluding hydrogens is 469 g/mol. The molecule has 0 aliphatic carbocycles. The molecule has 1 atom stereocenters. The Morgan fingerprint density at radius 3 is 2.75 bits per heavy atom. The zero-order valence-corrected chi connectivity index (χ0v) is 18.9. The minimum atomic E-state index is -0.218. The average Bonchev–Trinajstić information content (AvgIpc) is 2.69. The standard InChI is InChI=1S/C20H31N5O2.HI/c1-22-20(25-8-4-5-16(15-25)13-19(21)26)23-14-17-6-2-3-7-18(17)24-9-11-27-12-10-24;/h2-3,6-7,16H,4-5,8-15H2,1H3,(H2,21,26)(H,22,23);1H. The number of carbonyl (C=O) groups excluding carboxylic acids is 1. The summed E-state index contributed by atoms with van der Waals surface area (Å²) in [4.78, 5) is 20.3. The van der Waals surface area contributed by atoms with Crippen LogP contribution in [0.25, 0.3) is 0 Å². The quantitative estimate of drug-likeness (QED) is 0.366. The van der Waals surface area contributed by atoms with E-state index in [9.17, 15) is 4.79 Å². The van der Waals surface area contributed by atoms with Gasteiger partial charge in [0, 0.05) is 51.9 Å². The fourth-order valence-electron chi connectivity index (χ4n) is 3.99. The van der Waals surface area contributed by atoms with Gasteiger partial charge in [-0.2, -0.15) is 0 Å². The summed E-state index contributed by atoms with van der Waals surface area (Å²) < 4.78 is 5.48. The number of rotatable bonds is 5. The number of hydrogen-bond acceptors (Lipinski definition) is 4. The molecule has 1 unspecified atom stereocenters. The normalized spacial score (nSPS) is 20.5. The van der Waals surface area contributed by atoms with Crippen molar-refractivity contribution in [2.75, 3.05) is 51.3 Å². The summed E-state index contributed by atoms with van der Waals surface area (Å²) in [5, 5.41) is 3.51. The molecule has 3 rings (SSSR count). The topological polar surface area (TPSA) is 83.2 Å². The molecule has 1 aromatic carbocycles. The molecule has 2 aliphatic rings. The highest BCUT2D eigenvalue weighted by atomic mass is 127. The van der Waals surface area contributed by atoms with E-state index in [1.54, 1.807) is 0 Å². The van der Waals surface area contributed by atoms with Crippen molar-refractivity contribution in [2.24, 2.45) is 16.6 Å². The predicted octanol–water partition coefficient (Wildman–Crippen LogP) is 1.80. The van der Waals surface area contributed by atoms with Crippen molar-refractivity contribution in [1.82, 2.24) is 10.2 Å². The first-order chi connectivity index (χ1) is 13.2. The van der Waals surface area contributed by atoms with E-state index in [0.29, 0.717) is 12.3 Å². The predicted molar refractivity (Wildman–Crippen MR) is 123 cm³/mol. The smallest absolute Gasteiger partial charge is 0.217 e. The number of nitrogens with zero attached hydrogens (tertiary/aromatic N) is 3. The third-order valence-electron chi connectivity index (χ3n) is 5.30. The van der Waals surface area contributed by atoms with E-state index in [1.165, 1.54) is 11.3 Å². The Balaban J connectivity index is 0.00000280. The third kappa shape index (κ3) is 6.23. The molecule has 28 heavy (non-hydrogen) atoms. The van der Waals surface area contributed by atoms with E-state index in [-0.39, 0.29) is 29.9 Å². The second-order valence-electron chi connectivity index (χ2n) is 7.25. The highest BCUT2D eigenvalue weighted by Crippen LogP contribution is 2.22. The number of amides is 1. The molecule has 1 aromatic rings. The molecule has 0 spiro atoms. The van der Waals surface area contributed by atoms with Gasteiger partial charge in [0.05, 0.1) is 13.2 Å². The van der Waals surface area contributed by atoms with Gasteiger partial charge in [-0.3, -0.25) is 9.79 Å². The van der Waals surface area contributed by atoms with E-state index in [4.69, 9.17) is 10.5 Å². The largest absolute Gasteiger partial charge is 0.378 e. The maximum absolute atomic E-state index is 11.3. The van der Waals surface area contributed by atoms with Crippen LogP contribution >= 0.6 is 24.0 Å². The summed E-state index contributed by atoms with van der Waals surface area (Å²) in [7, 11) is 1.81. The van der Waals surface area contributed by atoms with Crippen molar-refractivity contribution in [2.45, 2.75) is 25.8 Å². The van der Waals surface area contributed by atoms with Gasteiger partial charge in [0.25, 0.3) is 0 Å². The minimum Gasteiger partial charge on any atom is -0.378 e. The molecule has 8 heteroatoms. The van der Waals surface area contributed by atoms with Crippen LogP contribution in [0.5, 0.6) is 0 Å². The fourth-order valence-corrected chi connectivity index (χ4v) is 3.99. The van der Waals surface area contributed by atoms with E-state index in [1.807, 2.05) is 7.05 Å². The number of carbonyl (C=O) groups is 1. The molecule has 0 radical (unpaired) electrons. The van der Waals surface area contributed by atoms with Gasteiger partial charge in [-0.05, 0) is 30.4 Å². The molecule has 0 bridgehead atoms. The van der Waals surface area contributed by atoms with Crippen molar-refractivity contribution in [3.05, 3.63) is 29.8 Å². The van der Waals surface area contributed by atoms with Crippen molar-refractivity contribution in [1.29, 1.82) is 0 Å². The number of piperidine rings is 1. The molecule has 2 fully saturated rings. The summed E-state index contributed by atoms with van der Waals surface area (Å²) in [6, 6.07) is 8.50. The SMILES string of the molecule is CN=C(NCc1ccccc1N1CCOCC1)N1CCCC(CC(N)=O)C1.I. The van der Waals surface area contributed by atoms with Crippen molar-refractivity contribution in [3.8, 4) is 0 Å². The van der Waals surface area contributed by atoms with Crippen LogP contribution in [0.15, 0.2) is 29.3 Å². The lowest BCUT2D eigenvalue weighted by atomic mass is 9.95. The fraction of sp³-hybridized carbons (Fsp3) is 0.600. The number of aliphatic imine (C=N–C) groups is 1. The number of hydrogen-bond donors (Lipinski definition) is 2. The molecule has 7 nitrogen and oxygen atoms in total. The third-order valence-corrected chi connectivity index (χ3v) is 5.30. The van der Waals surface area contributed by atoms with Crippen LogP contribution in [-0.2, 0) is 16.1 Å². The summed E-state index contributed by atoms with van der Waals surface area (Å²) in [5.41, 5.74) is 7.90. The first-order valence-electron chi connectivity index (χ1n) is 9.82. The molecular formula is C20H32IN5O2. The molecule has 156 valence electrons. The monoisotopic (exact) mass is 501 g/mol.